The third-order valence-corrected chi connectivity index (χ3v) is 3.98. The molecule has 0 radical (unpaired) electrons. The molecule has 7 heteroatoms. The molecule has 1 saturated heterocycles. The van der Waals surface area contributed by atoms with Crippen LogP contribution in [0, 0.1) is 0 Å². The largest absolute Gasteiger partial charge is 0.481 e. The Labute approximate surface area is 121 Å². The van der Waals surface area contributed by atoms with Gasteiger partial charge in [0.2, 0.25) is 5.88 Å². The molecule has 0 saturated carbocycles. The zero-order valence-corrected chi connectivity index (χ0v) is 12.1. The second-order valence-corrected chi connectivity index (χ2v) is 5.51. The summed E-state index contributed by atoms with van der Waals surface area (Å²) in [5.74, 6) is 1.40. The van der Waals surface area contributed by atoms with Crippen LogP contribution in [0.1, 0.15) is 12.1 Å². The van der Waals surface area contributed by atoms with Crippen LogP contribution in [0.4, 0.5) is 5.82 Å². The molecule has 1 aliphatic heterocycles. The van der Waals surface area contributed by atoms with E-state index in [1.54, 1.807) is 18.4 Å². The lowest BCUT2D eigenvalue weighted by atomic mass is 10.2. The van der Waals surface area contributed by atoms with Crippen molar-refractivity contribution in [2.45, 2.75) is 19.0 Å². The van der Waals surface area contributed by atoms with Crippen LogP contribution in [0.5, 0.6) is 5.88 Å². The van der Waals surface area contributed by atoms with Gasteiger partial charge < -0.3 is 10.1 Å². The highest BCUT2D eigenvalue weighted by Crippen LogP contribution is 2.18. The molecular weight excluding hydrogens is 274 g/mol. The van der Waals surface area contributed by atoms with Crippen molar-refractivity contribution in [1.82, 2.24) is 19.9 Å². The lowest BCUT2D eigenvalue weighted by Crippen LogP contribution is -2.26. The van der Waals surface area contributed by atoms with Crippen molar-refractivity contribution in [3.63, 3.8) is 0 Å². The van der Waals surface area contributed by atoms with Gasteiger partial charge in [0, 0.05) is 37.1 Å². The summed E-state index contributed by atoms with van der Waals surface area (Å²) < 4.78 is 5.10. The van der Waals surface area contributed by atoms with Gasteiger partial charge in [0.15, 0.2) is 0 Å². The lowest BCUT2D eigenvalue weighted by Gasteiger charge is -2.16. The van der Waals surface area contributed by atoms with Crippen molar-refractivity contribution in [3.8, 4) is 5.88 Å². The molecule has 106 valence electrons. The number of hydrogen-bond donors (Lipinski definition) is 1. The fourth-order valence-electron chi connectivity index (χ4n) is 2.38. The van der Waals surface area contributed by atoms with Gasteiger partial charge in [0.05, 0.1) is 18.3 Å². The number of anilines is 1. The van der Waals surface area contributed by atoms with Crippen LogP contribution in [0.2, 0.25) is 0 Å². The maximum absolute atomic E-state index is 5.10. The van der Waals surface area contributed by atoms with E-state index >= 15 is 0 Å². The average Bonchev–Trinajstić information content (AvgIpc) is 3.12. The molecule has 1 atom stereocenters. The van der Waals surface area contributed by atoms with E-state index in [1.807, 2.05) is 11.6 Å². The highest BCUT2D eigenvalue weighted by atomic mass is 32.1. The van der Waals surface area contributed by atoms with E-state index in [1.165, 1.54) is 6.33 Å². The van der Waals surface area contributed by atoms with E-state index in [4.69, 9.17) is 4.74 Å². The van der Waals surface area contributed by atoms with Crippen LogP contribution >= 0.6 is 11.3 Å². The summed E-state index contributed by atoms with van der Waals surface area (Å²) in [5.41, 5.74) is 3.04. The Morgan fingerprint density at radius 1 is 1.45 bits per heavy atom. The van der Waals surface area contributed by atoms with Gasteiger partial charge in [0.1, 0.15) is 12.1 Å². The molecule has 0 amide bonds. The molecule has 3 heterocycles. The first-order valence-electron chi connectivity index (χ1n) is 6.55. The summed E-state index contributed by atoms with van der Waals surface area (Å²) in [5, 5.41) is 5.54. The van der Waals surface area contributed by atoms with Gasteiger partial charge in [0.25, 0.3) is 0 Å². The Morgan fingerprint density at radius 2 is 2.40 bits per heavy atom. The number of likely N-dealkylation sites (tertiary alicyclic amines) is 1. The molecule has 20 heavy (non-hydrogen) atoms. The van der Waals surface area contributed by atoms with Gasteiger partial charge in [-0.1, -0.05) is 0 Å². The molecule has 1 fully saturated rings. The van der Waals surface area contributed by atoms with Crippen LogP contribution in [0.3, 0.4) is 0 Å². The van der Waals surface area contributed by atoms with Crippen LogP contribution in [0.25, 0.3) is 0 Å². The Bertz CT molecular complexity index is 547. The van der Waals surface area contributed by atoms with Gasteiger partial charge in [-0.2, -0.15) is 0 Å². The minimum Gasteiger partial charge on any atom is -0.481 e. The summed E-state index contributed by atoms with van der Waals surface area (Å²) in [6.07, 6.45) is 2.62. The van der Waals surface area contributed by atoms with Crippen molar-refractivity contribution < 1.29 is 4.74 Å². The highest BCUT2D eigenvalue weighted by molar-refractivity contribution is 7.07. The molecule has 2 aromatic rings. The SMILES string of the molecule is COc1cc(NC2CCN(Cc3cscn3)C2)ncn1. The third-order valence-electron chi connectivity index (χ3n) is 3.34. The van der Waals surface area contributed by atoms with Crippen LogP contribution in [0.15, 0.2) is 23.3 Å². The summed E-state index contributed by atoms with van der Waals surface area (Å²) in [7, 11) is 1.61. The van der Waals surface area contributed by atoms with Crippen LogP contribution < -0.4 is 10.1 Å². The van der Waals surface area contributed by atoms with E-state index in [0.29, 0.717) is 11.9 Å². The molecule has 1 N–H and O–H groups in total. The summed E-state index contributed by atoms with van der Waals surface area (Å²) in [6, 6.07) is 2.23. The zero-order valence-electron chi connectivity index (χ0n) is 11.3. The van der Waals surface area contributed by atoms with E-state index < -0.39 is 0 Å². The first kappa shape index (κ1) is 13.3. The first-order valence-corrected chi connectivity index (χ1v) is 7.50. The number of methoxy groups -OCH3 is 1. The Hall–Kier alpha value is -1.73. The van der Waals surface area contributed by atoms with Crippen molar-refractivity contribution in [1.29, 1.82) is 0 Å². The molecule has 3 rings (SSSR count). The van der Waals surface area contributed by atoms with Crippen molar-refractivity contribution in [3.05, 3.63) is 29.0 Å². The Morgan fingerprint density at radius 3 is 3.20 bits per heavy atom. The van der Waals surface area contributed by atoms with Gasteiger partial charge in [-0.25, -0.2) is 15.0 Å². The normalized spacial score (nSPS) is 19.1. The number of ether oxygens (including phenoxy) is 1. The molecule has 2 aromatic heterocycles. The van der Waals surface area contributed by atoms with Crippen molar-refractivity contribution in [2.24, 2.45) is 0 Å². The van der Waals surface area contributed by atoms with Gasteiger partial charge >= 0.3 is 0 Å². The number of nitrogens with one attached hydrogen (secondary N) is 1. The van der Waals surface area contributed by atoms with Crippen molar-refractivity contribution >= 4 is 17.2 Å². The average molecular weight is 291 g/mol. The second-order valence-electron chi connectivity index (χ2n) is 4.79. The monoisotopic (exact) mass is 291 g/mol. The molecule has 0 aromatic carbocycles. The van der Waals surface area contributed by atoms with Gasteiger partial charge in [-0.15, -0.1) is 11.3 Å². The van der Waals surface area contributed by atoms with E-state index in [2.05, 4.69) is 30.5 Å². The fourth-order valence-corrected chi connectivity index (χ4v) is 2.93. The molecule has 1 aliphatic rings. The standard InChI is InChI=1S/C13H17N5OS/c1-19-13-4-12(14-8-15-13)17-10-2-3-18(5-10)6-11-7-20-9-16-11/h4,7-10H,2-3,5-6H2,1H3,(H,14,15,17). The van der Waals surface area contributed by atoms with Crippen molar-refractivity contribution in [2.75, 3.05) is 25.5 Å². The number of thiazole rings is 1. The molecule has 0 spiro atoms. The maximum Gasteiger partial charge on any atom is 0.218 e. The van der Waals surface area contributed by atoms with Crippen LogP contribution in [-0.4, -0.2) is 46.1 Å². The molecule has 6 nitrogen and oxygen atoms in total. The van der Waals surface area contributed by atoms with E-state index in [-0.39, 0.29) is 0 Å². The minimum atomic E-state index is 0.410. The van der Waals surface area contributed by atoms with Gasteiger partial charge in [-0.3, -0.25) is 4.90 Å². The third kappa shape index (κ3) is 3.23. The highest BCUT2D eigenvalue weighted by Gasteiger charge is 2.23. The maximum atomic E-state index is 5.10. The fraction of sp³-hybridized carbons (Fsp3) is 0.462. The second kappa shape index (κ2) is 6.15. The predicted molar refractivity (Wildman–Crippen MR) is 78.0 cm³/mol. The minimum absolute atomic E-state index is 0.410. The molecular formula is C13H17N5OS. The Balaban J connectivity index is 1.54. The quantitative estimate of drug-likeness (QED) is 0.903. The summed E-state index contributed by atoms with van der Waals surface area (Å²) >= 11 is 1.65. The summed E-state index contributed by atoms with van der Waals surface area (Å²) in [4.78, 5) is 15.0. The van der Waals surface area contributed by atoms with Crippen LogP contribution in [-0.2, 0) is 6.54 Å². The van der Waals surface area contributed by atoms with Gasteiger partial charge in [-0.05, 0) is 6.42 Å². The first-order chi connectivity index (χ1) is 9.83. The van der Waals surface area contributed by atoms with E-state index in [0.717, 1.165) is 37.6 Å². The number of aromatic nitrogens is 3. The molecule has 1 unspecified atom stereocenters. The zero-order chi connectivity index (χ0) is 13.8. The molecule has 0 bridgehead atoms. The van der Waals surface area contributed by atoms with E-state index in [9.17, 15) is 0 Å². The number of hydrogen-bond acceptors (Lipinski definition) is 7. The Kier molecular flexibility index (Phi) is 4.08. The smallest absolute Gasteiger partial charge is 0.218 e. The number of rotatable bonds is 5. The predicted octanol–water partition coefficient (Wildman–Crippen LogP) is 1.63. The lowest BCUT2D eigenvalue weighted by molar-refractivity contribution is 0.325. The molecule has 0 aliphatic carbocycles. The summed E-state index contributed by atoms with van der Waals surface area (Å²) in [6.45, 7) is 3.01. The number of nitrogens with zero attached hydrogens (tertiary/aromatic N) is 4. The topological polar surface area (TPSA) is 63.2 Å².